The van der Waals surface area contributed by atoms with Crippen LogP contribution in [0.1, 0.15) is 36.0 Å². The van der Waals surface area contributed by atoms with Gasteiger partial charge in [0.2, 0.25) is 5.56 Å². The van der Waals surface area contributed by atoms with Gasteiger partial charge in [0.1, 0.15) is 0 Å². The van der Waals surface area contributed by atoms with Gasteiger partial charge < -0.3 is 15.6 Å². The molecule has 3 N–H and O–H groups in total. The van der Waals surface area contributed by atoms with Crippen LogP contribution < -0.4 is 16.2 Å². The molecule has 2 unspecified atom stereocenters. The molecule has 24 heavy (non-hydrogen) atoms. The Hall–Kier alpha value is -1.37. The number of rotatable bonds is 2. The second-order valence-corrected chi connectivity index (χ2v) is 7.43. The Morgan fingerprint density at radius 2 is 1.88 bits per heavy atom. The van der Waals surface area contributed by atoms with E-state index in [1.165, 1.54) is 18.9 Å². The number of carbonyl (C=O) groups is 1. The van der Waals surface area contributed by atoms with Gasteiger partial charge in [-0.25, -0.2) is 0 Å². The Morgan fingerprint density at radius 3 is 2.58 bits per heavy atom. The van der Waals surface area contributed by atoms with Crippen molar-refractivity contribution in [2.24, 2.45) is 0 Å². The van der Waals surface area contributed by atoms with Gasteiger partial charge in [-0.05, 0) is 43.9 Å². The Morgan fingerprint density at radius 1 is 1.17 bits per heavy atom. The van der Waals surface area contributed by atoms with Gasteiger partial charge in [-0.2, -0.15) is 0 Å². The number of benzene rings is 1. The molecule has 0 radical (unpaired) electrons. The lowest BCUT2D eigenvalue weighted by Gasteiger charge is -2.29. The fraction of sp³-hybridized carbons (Fsp3) is 0.412. The van der Waals surface area contributed by atoms with E-state index in [0.29, 0.717) is 23.2 Å². The van der Waals surface area contributed by atoms with Crippen molar-refractivity contribution in [3.8, 4) is 0 Å². The van der Waals surface area contributed by atoms with Crippen molar-refractivity contribution >= 4 is 45.1 Å². The van der Waals surface area contributed by atoms with Crippen LogP contribution in [0.3, 0.4) is 0 Å². The summed E-state index contributed by atoms with van der Waals surface area (Å²) in [6.07, 6.45) is 4.32. The van der Waals surface area contributed by atoms with E-state index >= 15 is 0 Å². The molecule has 0 aliphatic carbocycles. The predicted molar refractivity (Wildman–Crippen MR) is 100.0 cm³/mol. The fourth-order valence-electron chi connectivity index (χ4n) is 3.85. The summed E-state index contributed by atoms with van der Waals surface area (Å²) >= 11 is 3.42. The van der Waals surface area contributed by atoms with E-state index in [1.807, 2.05) is 18.2 Å². The van der Waals surface area contributed by atoms with Crippen molar-refractivity contribution in [3.05, 3.63) is 44.7 Å². The molecule has 128 valence electrons. The molecular weight excluding hydrogens is 394 g/mol. The van der Waals surface area contributed by atoms with E-state index in [2.05, 4.69) is 31.5 Å². The minimum absolute atomic E-state index is 0. The average Bonchev–Trinajstić information content (AvgIpc) is 2.85. The number of carbonyl (C=O) groups excluding carboxylic acids is 1. The molecule has 4 rings (SSSR count). The normalized spacial score (nSPS) is 25.3. The molecule has 2 saturated heterocycles. The summed E-state index contributed by atoms with van der Waals surface area (Å²) in [6, 6.07) is 8.13. The highest BCUT2D eigenvalue weighted by Gasteiger charge is 2.34. The predicted octanol–water partition coefficient (Wildman–Crippen LogP) is 2.73. The Bertz CT molecular complexity index is 826. The number of halogens is 2. The molecule has 2 aliphatic rings. The van der Waals surface area contributed by atoms with Gasteiger partial charge in [0.05, 0.1) is 5.56 Å². The molecule has 3 heterocycles. The van der Waals surface area contributed by atoms with Gasteiger partial charge in [-0.15, -0.1) is 12.4 Å². The molecule has 0 spiro atoms. The number of fused-ring (bicyclic) bond motifs is 3. The maximum absolute atomic E-state index is 12.7. The first kappa shape index (κ1) is 17.5. The third kappa shape index (κ3) is 3.36. The number of nitrogens with one attached hydrogen (secondary N) is 3. The van der Waals surface area contributed by atoms with Crippen LogP contribution >= 0.6 is 28.3 Å². The second kappa shape index (κ2) is 6.86. The van der Waals surface area contributed by atoms with Crippen LogP contribution in [0.15, 0.2) is 33.5 Å². The summed E-state index contributed by atoms with van der Waals surface area (Å²) in [6.45, 7) is 0. The van der Waals surface area contributed by atoms with Crippen molar-refractivity contribution in [2.45, 2.75) is 43.8 Å². The van der Waals surface area contributed by atoms with Crippen LogP contribution in [0.5, 0.6) is 0 Å². The van der Waals surface area contributed by atoms with E-state index < -0.39 is 0 Å². The van der Waals surface area contributed by atoms with Crippen LogP contribution in [0, 0.1) is 0 Å². The van der Waals surface area contributed by atoms with E-state index in [1.54, 1.807) is 0 Å². The lowest BCUT2D eigenvalue weighted by molar-refractivity contribution is 0.0925. The molecule has 1 aromatic heterocycles. The summed E-state index contributed by atoms with van der Waals surface area (Å²) in [5, 5.41) is 7.45. The molecule has 2 aromatic rings. The number of amides is 1. The van der Waals surface area contributed by atoms with Crippen LogP contribution in [0.25, 0.3) is 10.9 Å². The first-order valence-corrected chi connectivity index (χ1v) is 8.77. The Kier molecular flexibility index (Phi) is 4.99. The first-order chi connectivity index (χ1) is 11.1. The standard InChI is InChI=1S/C17H18BrN3O2.ClH/c18-9-1-4-15-13(5-9)14(8-16(22)21-15)17(23)20-12-6-10-2-3-11(7-12)19-10;/h1,4-5,8,10-12,19H,2-3,6-7H2,(H,20,23)(H,21,22);1H. The largest absolute Gasteiger partial charge is 0.349 e. The lowest BCUT2D eigenvalue weighted by atomic mass is 9.99. The number of H-pyrrole nitrogens is 1. The highest BCUT2D eigenvalue weighted by molar-refractivity contribution is 9.10. The quantitative estimate of drug-likeness (QED) is 0.710. The summed E-state index contributed by atoms with van der Waals surface area (Å²) in [5.74, 6) is -0.162. The van der Waals surface area contributed by atoms with E-state index in [0.717, 1.165) is 22.7 Å². The van der Waals surface area contributed by atoms with Gasteiger partial charge in [-0.1, -0.05) is 15.9 Å². The van der Waals surface area contributed by atoms with E-state index in [9.17, 15) is 9.59 Å². The third-order valence-electron chi connectivity index (χ3n) is 4.86. The maximum Gasteiger partial charge on any atom is 0.252 e. The van der Waals surface area contributed by atoms with Gasteiger partial charge in [0.15, 0.2) is 0 Å². The SMILES string of the molecule is Cl.O=C(NC1CC2CCC(C1)N2)c1cc(=O)[nH]c2ccc(Br)cc12. The number of hydrogen-bond acceptors (Lipinski definition) is 3. The Labute approximate surface area is 154 Å². The Balaban J connectivity index is 0.00000169. The molecule has 2 atom stereocenters. The van der Waals surface area contributed by atoms with Crippen molar-refractivity contribution in [1.29, 1.82) is 0 Å². The topological polar surface area (TPSA) is 74.0 Å². The smallest absolute Gasteiger partial charge is 0.252 e. The van der Waals surface area contributed by atoms with E-state index in [-0.39, 0.29) is 29.9 Å². The highest BCUT2D eigenvalue weighted by atomic mass is 79.9. The molecule has 7 heteroatoms. The summed E-state index contributed by atoms with van der Waals surface area (Å²) < 4.78 is 0.881. The highest BCUT2D eigenvalue weighted by Crippen LogP contribution is 2.27. The zero-order valence-electron chi connectivity index (χ0n) is 13.0. The van der Waals surface area contributed by atoms with Crippen LogP contribution in [-0.4, -0.2) is 29.0 Å². The third-order valence-corrected chi connectivity index (χ3v) is 5.35. The first-order valence-electron chi connectivity index (χ1n) is 7.98. The van der Waals surface area contributed by atoms with Gasteiger partial charge in [0.25, 0.3) is 5.91 Å². The minimum Gasteiger partial charge on any atom is -0.349 e. The second-order valence-electron chi connectivity index (χ2n) is 6.52. The van der Waals surface area contributed by atoms with Crippen LogP contribution in [0.2, 0.25) is 0 Å². The van der Waals surface area contributed by atoms with E-state index in [4.69, 9.17) is 0 Å². The minimum atomic E-state index is -0.254. The number of aromatic amines is 1. The zero-order valence-corrected chi connectivity index (χ0v) is 15.4. The van der Waals surface area contributed by atoms with Gasteiger partial charge in [0, 0.05) is 39.6 Å². The maximum atomic E-state index is 12.7. The van der Waals surface area contributed by atoms with Crippen LogP contribution in [0.4, 0.5) is 0 Å². The van der Waals surface area contributed by atoms with Crippen LogP contribution in [-0.2, 0) is 0 Å². The van der Waals surface area contributed by atoms with Crippen molar-refractivity contribution < 1.29 is 4.79 Å². The van der Waals surface area contributed by atoms with Gasteiger partial charge >= 0.3 is 0 Å². The average molecular weight is 413 g/mol. The number of pyridine rings is 1. The molecule has 1 aromatic carbocycles. The fourth-order valence-corrected chi connectivity index (χ4v) is 4.21. The molecule has 2 bridgehead atoms. The number of hydrogen-bond donors (Lipinski definition) is 3. The van der Waals surface area contributed by atoms with Crippen molar-refractivity contribution in [3.63, 3.8) is 0 Å². The lowest BCUT2D eigenvalue weighted by Crippen LogP contribution is -2.48. The molecule has 2 aliphatic heterocycles. The molecule has 1 amide bonds. The summed E-state index contributed by atoms with van der Waals surface area (Å²) in [5.41, 5.74) is 0.863. The molecule has 5 nitrogen and oxygen atoms in total. The molecular formula is C17H19BrClN3O2. The number of aromatic nitrogens is 1. The molecule has 0 saturated carbocycles. The monoisotopic (exact) mass is 411 g/mol. The zero-order chi connectivity index (χ0) is 16.0. The van der Waals surface area contributed by atoms with Gasteiger partial charge in [-0.3, -0.25) is 9.59 Å². The van der Waals surface area contributed by atoms with Crippen molar-refractivity contribution in [2.75, 3.05) is 0 Å². The summed E-state index contributed by atoms with van der Waals surface area (Å²) in [4.78, 5) is 27.3. The molecule has 2 fully saturated rings. The number of piperidine rings is 1. The van der Waals surface area contributed by atoms with Crippen molar-refractivity contribution in [1.82, 2.24) is 15.6 Å². The summed E-state index contributed by atoms with van der Waals surface area (Å²) in [7, 11) is 0.